The molecule has 0 unspecified atom stereocenters. The minimum atomic E-state index is -1.02. The smallest absolute Gasteiger partial charge is 0.320 e. The molecule has 142 valence electrons. The van der Waals surface area contributed by atoms with Gasteiger partial charge in [0.15, 0.2) is 0 Å². The molecule has 0 aliphatic rings. The fraction of sp³-hybridized carbons (Fsp3) is 0.222. The number of nitrogens with two attached hydrogens (primary N) is 2. The molecule has 0 saturated heterocycles. The number of aliphatic carboxylic acids is 2. The minimum absolute atomic E-state index is 0. The largest absolute Gasteiger partial charge is 0.508 e. The van der Waals surface area contributed by atoms with Gasteiger partial charge in [-0.2, -0.15) is 0 Å². The maximum absolute atomic E-state index is 10.4. The van der Waals surface area contributed by atoms with E-state index >= 15 is 0 Å². The normalized spacial score (nSPS) is 11.9. The molecule has 2 rings (SSSR count). The van der Waals surface area contributed by atoms with Crippen LogP contribution in [0.25, 0.3) is 0 Å². The summed E-state index contributed by atoms with van der Waals surface area (Å²) in [6.07, 6.45) is 0.547. The Balaban J connectivity index is 0.000000483. The number of carbonyl (C=O) groups is 2. The molecule has 0 bridgehead atoms. The van der Waals surface area contributed by atoms with Crippen molar-refractivity contribution in [2.24, 2.45) is 11.5 Å². The summed E-state index contributed by atoms with van der Waals surface area (Å²) in [6.45, 7) is 0. The quantitative estimate of drug-likeness (QED) is 0.366. The molecule has 0 saturated carbocycles. The first-order valence-electron chi connectivity index (χ1n) is 7.71. The van der Waals surface area contributed by atoms with Crippen molar-refractivity contribution in [1.82, 2.24) is 0 Å². The van der Waals surface area contributed by atoms with Crippen LogP contribution in [0, 0.1) is 0 Å². The summed E-state index contributed by atoms with van der Waals surface area (Å²) in [7, 11) is 0. The van der Waals surface area contributed by atoms with E-state index in [2.05, 4.69) is 0 Å². The molecule has 2 aromatic carbocycles. The molecule has 27 heavy (non-hydrogen) atoms. The summed E-state index contributed by atoms with van der Waals surface area (Å²) < 4.78 is 0. The molecule has 0 aliphatic carbocycles. The number of carboxylic acid groups (broad SMARTS) is 2. The predicted molar refractivity (Wildman–Crippen MR) is 94.8 cm³/mol. The van der Waals surface area contributed by atoms with Crippen molar-refractivity contribution < 1.29 is 49.5 Å². The van der Waals surface area contributed by atoms with Crippen molar-refractivity contribution in [1.29, 1.82) is 0 Å². The standard InChI is InChI=1S/2C9H11NO3.Zn/c2*10-8(9(12)13)5-6-1-3-7(11)4-2-6;/h2*1-4,8,11H,5,10H2,(H,12,13);/t2*8-;/m11./s1. The first-order valence-corrected chi connectivity index (χ1v) is 7.71. The van der Waals surface area contributed by atoms with Crippen LogP contribution in [0.3, 0.4) is 0 Å². The first-order chi connectivity index (χ1) is 12.2. The van der Waals surface area contributed by atoms with Crippen molar-refractivity contribution in [2.45, 2.75) is 24.9 Å². The van der Waals surface area contributed by atoms with Gasteiger partial charge in [0.25, 0.3) is 0 Å². The number of aromatic hydroxyl groups is 2. The molecule has 0 heterocycles. The third-order valence-corrected chi connectivity index (χ3v) is 3.42. The van der Waals surface area contributed by atoms with Crippen molar-refractivity contribution in [3.63, 3.8) is 0 Å². The zero-order chi connectivity index (χ0) is 19.7. The Bertz CT molecular complexity index is 658. The van der Waals surface area contributed by atoms with Gasteiger partial charge >= 0.3 is 11.9 Å². The first kappa shape index (κ1) is 24.5. The summed E-state index contributed by atoms with van der Waals surface area (Å²) in [5, 5.41) is 35.0. The molecule has 0 aromatic heterocycles. The molecule has 9 heteroatoms. The van der Waals surface area contributed by atoms with Gasteiger partial charge in [-0.15, -0.1) is 0 Å². The molecule has 0 fully saturated rings. The van der Waals surface area contributed by atoms with Crippen LogP contribution in [-0.4, -0.2) is 44.4 Å². The summed E-state index contributed by atoms with van der Waals surface area (Å²) in [6, 6.07) is 10.8. The van der Waals surface area contributed by atoms with E-state index in [-0.39, 0.29) is 43.8 Å². The number of phenols is 2. The van der Waals surface area contributed by atoms with Gasteiger partial charge in [0.2, 0.25) is 0 Å². The summed E-state index contributed by atoms with van der Waals surface area (Å²) in [5.74, 6) is -1.72. The van der Waals surface area contributed by atoms with E-state index in [0.717, 1.165) is 11.1 Å². The SMILES string of the molecule is N[C@H](Cc1ccc(O)cc1)C(=O)O.N[C@H](Cc1ccc(O)cc1)C(=O)O.[Zn]. The van der Waals surface area contributed by atoms with Crippen LogP contribution in [0.2, 0.25) is 0 Å². The van der Waals surface area contributed by atoms with Crippen LogP contribution >= 0.6 is 0 Å². The van der Waals surface area contributed by atoms with E-state index < -0.39 is 24.0 Å². The summed E-state index contributed by atoms with van der Waals surface area (Å²) in [4.78, 5) is 20.8. The zero-order valence-electron chi connectivity index (χ0n) is 14.7. The van der Waals surface area contributed by atoms with Crippen LogP contribution < -0.4 is 11.5 Å². The maximum atomic E-state index is 10.4. The Hall–Kier alpha value is -2.48. The van der Waals surface area contributed by atoms with Crippen LogP contribution in [0.4, 0.5) is 0 Å². The van der Waals surface area contributed by atoms with E-state index in [0.29, 0.717) is 0 Å². The molecular formula is C18H22N2O6Zn. The average molecular weight is 428 g/mol. The molecule has 0 aliphatic heterocycles. The van der Waals surface area contributed by atoms with Crippen molar-refractivity contribution in [3.8, 4) is 11.5 Å². The third kappa shape index (κ3) is 9.70. The molecule has 0 radical (unpaired) electrons. The molecule has 2 aromatic rings. The Morgan fingerprint density at radius 2 is 0.963 bits per heavy atom. The predicted octanol–water partition coefficient (Wildman–Crippen LogP) is 0.691. The monoisotopic (exact) mass is 426 g/mol. The van der Waals surface area contributed by atoms with Crippen LogP contribution in [0.5, 0.6) is 11.5 Å². The number of phenolic OH excluding ortho intramolecular Hbond substituents is 2. The topological polar surface area (TPSA) is 167 Å². The molecule has 2 atom stereocenters. The van der Waals surface area contributed by atoms with Gasteiger partial charge in [-0.1, -0.05) is 24.3 Å². The Morgan fingerprint density at radius 1 is 0.704 bits per heavy atom. The number of rotatable bonds is 6. The van der Waals surface area contributed by atoms with Crippen molar-refractivity contribution in [3.05, 3.63) is 59.7 Å². The second-order valence-corrected chi connectivity index (χ2v) is 5.63. The Morgan fingerprint density at radius 3 is 1.19 bits per heavy atom. The molecular weight excluding hydrogens is 406 g/mol. The van der Waals surface area contributed by atoms with E-state index in [9.17, 15) is 9.59 Å². The van der Waals surface area contributed by atoms with Gasteiger partial charge in [0.1, 0.15) is 23.6 Å². The van der Waals surface area contributed by atoms with Crippen LogP contribution in [0.15, 0.2) is 48.5 Å². The fourth-order valence-corrected chi connectivity index (χ4v) is 1.95. The maximum Gasteiger partial charge on any atom is 0.320 e. The van der Waals surface area contributed by atoms with E-state index in [4.69, 9.17) is 31.9 Å². The van der Waals surface area contributed by atoms with Gasteiger partial charge in [0.05, 0.1) is 0 Å². The summed E-state index contributed by atoms with van der Waals surface area (Å²) >= 11 is 0. The zero-order valence-corrected chi connectivity index (χ0v) is 17.6. The van der Waals surface area contributed by atoms with Gasteiger partial charge in [-0.25, -0.2) is 0 Å². The van der Waals surface area contributed by atoms with Crippen LogP contribution in [0.1, 0.15) is 11.1 Å². The summed E-state index contributed by atoms with van der Waals surface area (Å²) in [5.41, 5.74) is 12.2. The van der Waals surface area contributed by atoms with E-state index in [1.807, 2.05) is 0 Å². The second kappa shape index (κ2) is 12.0. The number of carboxylic acids is 2. The van der Waals surface area contributed by atoms with Crippen LogP contribution in [-0.2, 0) is 41.9 Å². The molecule has 8 nitrogen and oxygen atoms in total. The Labute approximate surface area is 169 Å². The number of hydrogen-bond donors (Lipinski definition) is 6. The van der Waals surface area contributed by atoms with Gasteiger partial charge in [0, 0.05) is 19.5 Å². The average Bonchev–Trinajstić information content (AvgIpc) is 2.59. The van der Waals surface area contributed by atoms with Gasteiger partial charge in [-0.3, -0.25) is 9.59 Å². The number of hydrogen-bond acceptors (Lipinski definition) is 6. The Kier molecular flexibility index (Phi) is 10.9. The molecule has 0 spiro atoms. The number of benzene rings is 2. The molecule has 0 amide bonds. The molecule has 8 N–H and O–H groups in total. The van der Waals surface area contributed by atoms with Crippen molar-refractivity contribution >= 4 is 11.9 Å². The fourth-order valence-electron chi connectivity index (χ4n) is 1.95. The van der Waals surface area contributed by atoms with Gasteiger partial charge < -0.3 is 31.9 Å². The second-order valence-electron chi connectivity index (χ2n) is 5.63. The van der Waals surface area contributed by atoms with E-state index in [1.54, 1.807) is 24.3 Å². The third-order valence-electron chi connectivity index (χ3n) is 3.42. The van der Waals surface area contributed by atoms with E-state index in [1.165, 1.54) is 24.3 Å². The van der Waals surface area contributed by atoms with Gasteiger partial charge in [-0.05, 0) is 48.2 Å². The minimum Gasteiger partial charge on any atom is -0.508 e. The van der Waals surface area contributed by atoms with Crippen molar-refractivity contribution in [2.75, 3.05) is 0 Å².